The molecule has 146 valence electrons. The zero-order valence-electron chi connectivity index (χ0n) is 15.5. The number of carbonyl (C=O) groups excluding carboxylic acids is 2. The third-order valence-corrected chi connectivity index (χ3v) is 3.94. The molecular weight excluding hydrogens is 367 g/mol. The zero-order valence-corrected chi connectivity index (χ0v) is 15.5. The largest absolute Gasteiger partial charge is 0.459 e. The molecule has 0 amide bonds. The van der Waals surface area contributed by atoms with Gasteiger partial charge in [0.05, 0.1) is 17.6 Å². The third kappa shape index (κ3) is 4.38. The first-order chi connectivity index (χ1) is 13.3. The smallest absolute Gasteiger partial charge is 0.340 e. The molecule has 0 fully saturated rings. The quantitative estimate of drug-likeness (QED) is 0.454. The lowest BCUT2D eigenvalue weighted by molar-refractivity contribution is -0.147. The molecule has 0 aromatic heterocycles. The Labute approximate surface area is 161 Å². The summed E-state index contributed by atoms with van der Waals surface area (Å²) in [4.78, 5) is 23.9. The third-order valence-electron chi connectivity index (χ3n) is 3.94. The topological polar surface area (TPSA) is 112 Å². The molecule has 1 aromatic rings. The summed E-state index contributed by atoms with van der Waals surface area (Å²) in [5.74, 6) is -3.33. The molecule has 0 bridgehead atoms. The van der Waals surface area contributed by atoms with E-state index in [1.807, 2.05) is 6.07 Å². The molecule has 1 atom stereocenters. The Kier molecular flexibility index (Phi) is 6.55. The average Bonchev–Trinajstić information content (AvgIpc) is 2.64. The van der Waals surface area contributed by atoms with Crippen LogP contribution in [0.4, 0.5) is 4.39 Å². The maximum atomic E-state index is 14.4. The van der Waals surface area contributed by atoms with Gasteiger partial charge in [0.1, 0.15) is 30.4 Å². The van der Waals surface area contributed by atoms with Crippen molar-refractivity contribution in [1.82, 2.24) is 0 Å². The van der Waals surface area contributed by atoms with Gasteiger partial charge in [0.15, 0.2) is 0 Å². The Morgan fingerprint density at radius 3 is 2.57 bits per heavy atom. The SMILES string of the molecule is C=C(C)C(=O)OCCOC(=O)C1=C(N)OC(C)=C(C#N)C1c1ccccc1F. The monoisotopic (exact) mass is 386 g/mol. The lowest BCUT2D eigenvalue weighted by Crippen LogP contribution is -2.27. The average molecular weight is 386 g/mol. The fourth-order valence-corrected chi connectivity index (χ4v) is 2.62. The van der Waals surface area contributed by atoms with Crippen molar-refractivity contribution >= 4 is 11.9 Å². The van der Waals surface area contributed by atoms with Crippen molar-refractivity contribution in [1.29, 1.82) is 5.26 Å². The number of nitrogens with two attached hydrogens (primary N) is 1. The molecule has 2 N–H and O–H groups in total. The number of esters is 2. The molecule has 1 aliphatic heterocycles. The van der Waals surface area contributed by atoms with E-state index in [0.29, 0.717) is 0 Å². The summed E-state index contributed by atoms with van der Waals surface area (Å²) >= 11 is 0. The number of nitrogens with zero attached hydrogens (tertiary/aromatic N) is 1. The molecule has 0 saturated heterocycles. The number of halogens is 1. The number of allylic oxidation sites excluding steroid dienone is 2. The van der Waals surface area contributed by atoms with Crippen molar-refractivity contribution < 1.29 is 28.2 Å². The van der Waals surface area contributed by atoms with Gasteiger partial charge in [-0.15, -0.1) is 0 Å². The van der Waals surface area contributed by atoms with E-state index < -0.39 is 23.7 Å². The molecule has 1 unspecified atom stereocenters. The summed E-state index contributed by atoms with van der Waals surface area (Å²) in [5.41, 5.74) is 5.99. The maximum absolute atomic E-state index is 14.4. The first-order valence-corrected chi connectivity index (χ1v) is 8.30. The van der Waals surface area contributed by atoms with Crippen molar-refractivity contribution in [2.75, 3.05) is 13.2 Å². The van der Waals surface area contributed by atoms with Crippen LogP contribution in [-0.4, -0.2) is 25.2 Å². The summed E-state index contributed by atoms with van der Waals surface area (Å²) in [6, 6.07) is 7.67. The number of rotatable bonds is 6. The van der Waals surface area contributed by atoms with Crippen LogP contribution in [0, 0.1) is 17.1 Å². The summed E-state index contributed by atoms with van der Waals surface area (Å²) < 4.78 is 29.6. The van der Waals surface area contributed by atoms with Crippen molar-refractivity contribution in [3.8, 4) is 6.07 Å². The van der Waals surface area contributed by atoms with Crippen molar-refractivity contribution in [2.45, 2.75) is 19.8 Å². The van der Waals surface area contributed by atoms with Gasteiger partial charge in [0.25, 0.3) is 0 Å². The van der Waals surface area contributed by atoms with Gasteiger partial charge in [-0.2, -0.15) is 5.26 Å². The van der Waals surface area contributed by atoms with Crippen LogP contribution in [0.3, 0.4) is 0 Å². The van der Waals surface area contributed by atoms with Gasteiger partial charge in [-0.25, -0.2) is 14.0 Å². The molecule has 1 aromatic carbocycles. The number of ether oxygens (including phenoxy) is 3. The number of hydrogen-bond donors (Lipinski definition) is 1. The minimum Gasteiger partial charge on any atom is -0.459 e. The second-order valence-corrected chi connectivity index (χ2v) is 5.97. The van der Waals surface area contributed by atoms with E-state index in [-0.39, 0.29) is 47.1 Å². The molecule has 0 aliphatic carbocycles. The normalized spacial score (nSPS) is 16.1. The molecule has 1 aliphatic rings. The predicted octanol–water partition coefficient (Wildman–Crippen LogP) is 2.57. The van der Waals surface area contributed by atoms with Crippen molar-refractivity contribution in [2.24, 2.45) is 5.73 Å². The minimum atomic E-state index is -1.08. The van der Waals surface area contributed by atoms with Gasteiger partial charge >= 0.3 is 11.9 Å². The van der Waals surface area contributed by atoms with Crippen LogP contribution in [-0.2, 0) is 23.8 Å². The van der Waals surface area contributed by atoms with E-state index in [0.717, 1.165) is 0 Å². The van der Waals surface area contributed by atoms with Crippen LogP contribution in [0.5, 0.6) is 0 Å². The second kappa shape index (κ2) is 8.86. The molecule has 0 saturated carbocycles. The Hall–Kier alpha value is -3.60. The van der Waals surface area contributed by atoms with Crippen LogP contribution in [0.25, 0.3) is 0 Å². The molecule has 1 heterocycles. The highest BCUT2D eigenvalue weighted by Gasteiger charge is 2.37. The molecule has 0 spiro atoms. The fraction of sp³-hybridized carbons (Fsp3) is 0.250. The van der Waals surface area contributed by atoms with Crippen LogP contribution < -0.4 is 5.73 Å². The fourth-order valence-electron chi connectivity index (χ4n) is 2.62. The predicted molar refractivity (Wildman–Crippen MR) is 96.5 cm³/mol. The highest BCUT2D eigenvalue weighted by Crippen LogP contribution is 2.40. The summed E-state index contributed by atoms with van der Waals surface area (Å²) in [5, 5.41) is 9.51. The first-order valence-electron chi connectivity index (χ1n) is 8.30. The molecule has 28 heavy (non-hydrogen) atoms. The van der Waals surface area contributed by atoms with E-state index in [4.69, 9.17) is 19.9 Å². The standard InChI is InChI=1S/C20H19FN2O5/c1-11(2)19(24)26-8-9-27-20(25)17-16(13-6-4-5-7-15(13)21)14(10-22)12(3)28-18(17)23/h4-7,16H,1,8-9,23H2,2-3H3. The van der Waals surface area contributed by atoms with Crippen LogP contribution in [0.2, 0.25) is 0 Å². The number of carbonyl (C=O) groups is 2. The van der Waals surface area contributed by atoms with Crippen LogP contribution in [0.15, 0.2) is 59.2 Å². The van der Waals surface area contributed by atoms with Gasteiger partial charge < -0.3 is 19.9 Å². The molecule has 7 nitrogen and oxygen atoms in total. The van der Waals surface area contributed by atoms with Crippen LogP contribution in [0.1, 0.15) is 25.3 Å². The Morgan fingerprint density at radius 2 is 1.96 bits per heavy atom. The van der Waals surface area contributed by atoms with E-state index in [2.05, 4.69) is 6.58 Å². The van der Waals surface area contributed by atoms with E-state index >= 15 is 0 Å². The van der Waals surface area contributed by atoms with E-state index in [9.17, 15) is 19.2 Å². The van der Waals surface area contributed by atoms with Gasteiger partial charge in [0.2, 0.25) is 5.88 Å². The minimum absolute atomic E-state index is 0.0416. The summed E-state index contributed by atoms with van der Waals surface area (Å²) in [6.45, 7) is 5.96. The molecule has 0 radical (unpaired) electrons. The first kappa shape index (κ1) is 20.7. The summed E-state index contributed by atoms with van der Waals surface area (Å²) in [6.07, 6.45) is 0. The number of benzene rings is 1. The van der Waals surface area contributed by atoms with Crippen molar-refractivity contribution in [3.63, 3.8) is 0 Å². The van der Waals surface area contributed by atoms with Gasteiger partial charge in [0, 0.05) is 11.1 Å². The lowest BCUT2D eigenvalue weighted by Gasteiger charge is -2.27. The number of hydrogen-bond acceptors (Lipinski definition) is 7. The van der Waals surface area contributed by atoms with Gasteiger partial charge in [-0.05, 0) is 19.9 Å². The molecular formula is C20H19FN2O5. The second-order valence-electron chi connectivity index (χ2n) is 5.97. The van der Waals surface area contributed by atoms with Crippen molar-refractivity contribution in [3.05, 3.63) is 70.6 Å². The lowest BCUT2D eigenvalue weighted by atomic mass is 9.83. The van der Waals surface area contributed by atoms with Gasteiger partial charge in [-0.3, -0.25) is 0 Å². The maximum Gasteiger partial charge on any atom is 0.340 e. The Morgan fingerprint density at radius 1 is 1.32 bits per heavy atom. The van der Waals surface area contributed by atoms with Gasteiger partial charge in [-0.1, -0.05) is 24.8 Å². The highest BCUT2D eigenvalue weighted by molar-refractivity contribution is 5.92. The molecule has 8 heteroatoms. The highest BCUT2D eigenvalue weighted by atomic mass is 19.1. The Bertz CT molecular complexity index is 927. The number of nitriles is 1. The van der Waals surface area contributed by atoms with E-state index in [1.165, 1.54) is 32.0 Å². The van der Waals surface area contributed by atoms with Crippen LogP contribution >= 0.6 is 0 Å². The van der Waals surface area contributed by atoms with E-state index in [1.54, 1.807) is 6.07 Å². The summed E-state index contributed by atoms with van der Waals surface area (Å²) in [7, 11) is 0. The Balaban J connectivity index is 2.27. The molecule has 2 rings (SSSR count). The zero-order chi connectivity index (χ0) is 20.8.